The van der Waals surface area contributed by atoms with Gasteiger partial charge in [-0.25, -0.2) is 0 Å². The molecule has 2 aromatic rings. The van der Waals surface area contributed by atoms with Gasteiger partial charge in [0.15, 0.2) is 11.5 Å². The number of fused-ring (bicyclic) bond motifs is 3. The highest BCUT2D eigenvalue weighted by molar-refractivity contribution is 7.14. The number of ketones is 1. The van der Waals surface area contributed by atoms with Gasteiger partial charge in [0.2, 0.25) is 0 Å². The Kier molecular flexibility index (Phi) is 2.49. The van der Waals surface area contributed by atoms with Gasteiger partial charge in [-0.05, 0) is 22.4 Å². The summed E-state index contributed by atoms with van der Waals surface area (Å²) >= 11 is 0. The Labute approximate surface area is 106 Å². The number of rotatable bonds is 0. The van der Waals surface area contributed by atoms with Crippen LogP contribution in [0.1, 0.15) is 23.8 Å². The standard InChI is InChI=1S/C13H12NO3P/c1-7-6-10(15)11-12(17-7)8-4-2-3-5-9(8)13(16)14(11)18/h2-5,7H,6,18H2,1H3. The Balaban J connectivity index is 2.50. The van der Waals surface area contributed by atoms with Crippen LogP contribution in [-0.2, 0) is 0 Å². The first kappa shape index (κ1) is 11.4. The number of carbonyl (C=O) groups excluding carboxylic acids is 1. The van der Waals surface area contributed by atoms with Crippen molar-refractivity contribution in [2.45, 2.75) is 19.4 Å². The summed E-state index contributed by atoms with van der Waals surface area (Å²) < 4.78 is 7.07. The Bertz CT molecular complexity index is 720. The molecule has 1 aromatic heterocycles. The van der Waals surface area contributed by atoms with Crippen molar-refractivity contribution in [2.24, 2.45) is 0 Å². The number of Topliss-reactive ketones (excluding diaryl/α,β-unsaturated/α-hetero) is 1. The third-order valence-electron chi connectivity index (χ3n) is 3.13. The third kappa shape index (κ3) is 1.49. The molecule has 0 spiro atoms. The monoisotopic (exact) mass is 261 g/mol. The van der Waals surface area contributed by atoms with E-state index in [0.717, 1.165) is 0 Å². The van der Waals surface area contributed by atoms with E-state index >= 15 is 0 Å². The molecule has 2 unspecified atom stereocenters. The Morgan fingerprint density at radius 2 is 1.94 bits per heavy atom. The number of benzene rings is 1. The van der Waals surface area contributed by atoms with Gasteiger partial charge in [0, 0.05) is 11.8 Å². The van der Waals surface area contributed by atoms with E-state index in [2.05, 4.69) is 9.39 Å². The third-order valence-corrected chi connectivity index (χ3v) is 3.63. The van der Waals surface area contributed by atoms with Crippen LogP contribution < -0.4 is 10.3 Å². The minimum absolute atomic E-state index is 0.0541. The molecule has 3 rings (SSSR count). The van der Waals surface area contributed by atoms with E-state index in [1.807, 2.05) is 19.1 Å². The van der Waals surface area contributed by atoms with Crippen LogP contribution in [0.15, 0.2) is 29.1 Å². The largest absolute Gasteiger partial charge is 0.487 e. The van der Waals surface area contributed by atoms with E-state index in [4.69, 9.17) is 4.74 Å². The Morgan fingerprint density at radius 3 is 2.67 bits per heavy atom. The van der Waals surface area contributed by atoms with Crippen LogP contribution in [0.4, 0.5) is 0 Å². The van der Waals surface area contributed by atoms with Gasteiger partial charge in [-0.2, -0.15) is 0 Å². The number of hydrogen-bond acceptors (Lipinski definition) is 3. The molecule has 5 heteroatoms. The lowest BCUT2D eigenvalue weighted by Crippen LogP contribution is -2.30. The molecular formula is C13H12NO3P. The van der Waals surface area contributed by atoms with Crippen LogP contribution in [0.2, 0.25) is 0 Å². The SMILES string of the molecule is CC1CC(=O)c2c(c3ccccc3c(=O)n2P)O1. The van der Waals surface area contributed by atoms with Crippen molar-refractivity contribution >= 4 is 25.9 Å². The van der Waals surface area contributed by atoms with Crippen molar-refractivity contribution in [1.82, 2.24) is 4.34 Å². The first-order valence-corrected chi connectivity index (χ1v) is 6.24. The summed E-state index contributed by atoms with van der Waals surface area (Å²) in [7, 11) is 2.30. The van der Waals surface area contributed by atoms with Gasteiger partial charge in [-0.1, -0.05) is 18.2 Å². The second kappa shape index (κ2) is 3.92. The van der Waals surface area contributed by atoms with Gasteiger partial charge < -0.3 is 4.74 Å². The van der Waals surface area contributed by atoms with Gasteiger partial charge in [-0.15, -0.1) is 0 Å². The predicted molar refractivity (Wildman–Crippen MR) is 72.4 cm³/mol. The molecule has 0 fully saturated rings. The molecule has 1 aliphatic rings. The van der Waals surface area contributed by atoms with E-state index in [0.29, 0.717) is 28.6 Å². The van der Waals surface area contributed by atoms with Gasteiger partial charge in [0.05, 0.1) is 5.39 Å². The second-order valence-electron chi connectivity index (χ2n) is 4.45. The average molecular weight is 261 g/mol. The van der Waals surface area contributed by atoms with Crippen LogP contribution in [0.5, 0.6) is 5.75 Å². The number of nitrogens with zero attached hydrogens (tertiary/aromatic N) is 1. The minimum Gasteiger partial charge on any atom is -0.487 e. The van der Waals surface area contributed by atoms with Gasteiger partial charge >= 0.3 is 0 Å². The zero-order valence-electron chi connectivity index (χ0n) is 9.84. The van der Waals surface area contributed by atoms with E-state index in [-0.39, 0.29) is 17.4 Å². The number of carbonyl (C=O) groups is 1. The first-order valence-electron chi connectivity index (χ1n) is 5.72. The van der Waals surface area contributed by atoms with E-state index in [9.17, 15) is 9.59 Å². The lowest BCUT2D eigenvalue weighted by atomic mass is 10.0. The molecule has 2 heterocycles. The summed E-state index contributed by atoms with van der Waals surface area (Å²) in [6.07, 6.45) is 0.148. The molecule has 2 atom stereocenters. The second-order valence-corrected chi connectivity index (χ2v) is 4.97. The van der Waals surface area contributed by atoms with Gasteiger partial charge in [0.1, 0.15) is 11.8 Å². The summed E-state index contributed by atoms with van der Waals surface area (Å²) in [6, 6.07) is 7.19. The summed E-state index contributed by atoms with van der Waals surface area (Å²) in [5.74, 6) is 0.463. The molecule has 0 N–H and O–H groups in total. The Morgan fingerprint density at radius 1 is 1.28 bits per heavy atom. The summed E-state index contributed by atoms with van der Waals surface area (Å²) in [6.45, 7) is 1.86. The molecular weight excluding hydrogens is 249 g/mol. The number of hydrogen-bond donors (Lipinski definition) is 0. The molecule has 1 aromatic carbocycles. The van der Waals surface area contributed by atoms with Gasteiger partial charge in [0.25, 0.3) is 5.56 Å². The molecule has 0 bridgehead atoms. The van der Waals surface area contributed by atoms with Crippen molar-refractivity contribution in [1.29, 1.82) is 0 Å². The van der Waals surface area contributed by atoms with Crippen LogP contribution >= 0.6 is 9.39 Å². The van der Waals surface area contributed by atoms with E-state index in [1.54, 1.807) is 12.1 Å². The number of ether oxygens (including phenoxy) is 1. The average Bonchev–Trinajstić information content (AvgIpc) is 2.35. The molecule has 0 aliphatic carbocycles. The fourth-order valence-corrected chi connectivity index (χ4v) is 2.72. The van der Waals surface area contributed by atoms with Crippen molar-refractivity contribution in [3.63, 3.8) is 0 Å². The fourth-order valence-electron chi connectivity index (χ4n) is 2.32. The number of aromatic nitrogens is 1. The maximum atomic E-state index is 12.2. The van der Waals surface area contributed by atoms with Crippen molar-refractivity contribution in [3.05, 3.63) is 40.3 Å². The predicted octanol–water partition coefficient (Wildman–Crippen LogP) is 1.99. The molecule has 92 valence electrons. The van der Waals surface area contributed by atoms with Crippen LogP contribution in [0, 0.1) is 0 Å². The maximum absolute atomic E-state index is 12.2. The summed E-state index contributed by atoms with van der Waals surface area (Å²) in [5, 5.41) is 1.27. The molecule has 0 saturated heterocycles. The molecule has 4 nitrogen and oxygen atoms in total. The highest BCUT2D eigenvalue weighted by Crippen LogP contribution is 2.34. The maximum Gasteiger partial charge on any atom is 0.262 e. The minimum atomic E-state index is -0.194. The lowest BCUT2D eigenvalue weighted by molar-refractivity contribution is 0.0863. The molecule has 1 aliphatic heterocycles. The van der Waals surface area contributed by atoms with Crippen LogP contribution in [0.25, 0.3) is 10.8 Å². The first-order chi connectivity index (χ1) is 8.59. The summed E-state index contributed by atoms with van der Waals surface area (Å²) in [4.78, 5) is 24.2. The highest BCUT2D eigenvalue weighted by Gasteiger charge is 2.28. The topological polar surface area (TPSA) is 48.3 Å². The fraction of sp³-hybridized carbons (Fsp3) is 0.231. The van der Waals surface area contributed by atoms with Crippen molar-refractivity contribution in [3.8, 4) is 5.75 Å². The molecule has 0 amide bonds. The normalized spacial score (nSPS) is 18.6. The Hall–Kier alpha value is -1.67. The zero-order chi connectivity index (χ0) is 12.9. The van der Waals surface area contributed by atoms with Crippen LogP contribution in [0.3, 0.4) is 0 Å². The molecule has 18 heavy (non-hydrogen) atoms. The molecule has 0 radical (unpaired) electrons. The highest BCUT2D eigenvalue weighted by atomic mass is 31.0. The van der Waals surface area contributed by atoms with Gasteiger partial charge in [-0.3, -0.25) is 13.9 Å². The smallest absolute Gasteiger partial charge is 0.262 e. The lowest BCUT2D eigenvalue weighted by Gasteiger charge is -2.25. The number of pyridine rings is 1. The molecule has 0 saturated carbocycles. The van der Waals surface area contributed by atoms with Crippen LogP contribution in [-0.4, -0.2) is 16.2 Å². The quantitative estimate of drug-likeness (QED) is 0.681. The van der Waals surface area contributed by atoms with Crippen molar-refractivity contribution < 1.29 is 9.53 Å². The van der Waals surface area contributed by atoms with Crippen molar-refractivity contribution in [2.75, 3.05) is 0 Å². The zero-order valence-corrected chi connectivity index (χ0v) is 11.0. The van der Waals surface area contributed by atoms with E-state index in [1.165, 1.54) is 4.34 Å². The van der Waals surface area contributed by atoms with E-state index < -0.39 is 0 Å². The summed E-state index contributed by atoms with van der Waals surface area (Å²) in [5.41, 5.74) is 0.155.